The maximum absolute atomic E-state index is 13.5. The monoisotopic (exact) mass is 267 g/mol. The SMILES string of the molecule is Fc1ccc2c(c1)C1C=CCC1C(c1cc[nH+]cc1)N2. The normalized spacial score (nSPS) is 26.8. The van der Waals surface area contributed by atoms with Crippen LogP contribution in [0.4, 0.5) is 10.1 Å². The standard InChI is InChI=1S/C17H15FN2/c18-12-4-5-16-15(10-12)13-2-1-3-14(13)17(20-16)11-6-8-19-9-7-11/h1-2,4-10,13-14,17,20H,3H2/p+1. The van der Waals surface area contributed by atoms with Crippen LogP contribution in [-0.4, -0.2) is 0 Å². The van der Waals surface area contributed by atoms with E-state index in [2.05, 4.69) is 34.6 Å². The Morgan fingerprint density at radius 1 is 1.15 bits per heavy atom. The van der Waals surface area contributed by atoms with Gasteiger partial charge in [-0.2, -0.15) is 0 Å². The number of allylic oxidation sites excluding steroid dienone is 2. The van der Waals surface area contributed by atoms with Gasteiger partial charge in [0.15, 0.2) is 12.4 Å². The summed E-state index contributed by atoms with van der Waals surface area (Å²) in [4.78, 5) is 3.07. The molecular weight excluding hydrogens is 251 g/mol. The molecule has 0 spiro atoms. The number of H-pyrrole nitrogens is 1. The fourth-order valence-corrected chi connectivity index (χ4v) is 3.50. The highest BCUT2D eigenvalue weighted by Gasteiger charge is 2.38. The van der Waals surface area contributed by atoms with E-state index in [4.69, 9.17) is 0 Å². The van der Waals surface area contributed by atoms with Crippen molar-refractivity contribution in [3.63, 3.8) is 0 Å². The average Bonchev–Trinajstić information content (AvgIpc) is 2.97. The predicted octanol–water partition coefficient (Wildman–Crippen LogP) is 3.47. The van der Waals surface area contributed by atoms with Gasteiger partial charge in [0.25, 0.3) is 0 Å². The first-order chi connectivity index (χ1) is 9.83. The molecule has 2 heterocycles. The van der Waals surface area contributed by atoms with Crippen LogP contribution in [0.15, 0.2) is 54.9 Å². The first kappa shape index (κ1) is 11.6. The number of nitrogens with one attached hydrogen (secondary N) is 2. The molecule has 0 bridgehead atoms. The first-order valence-corrected chi connectivity index (χ1v) is 7.01. The second kappa shape index (κ2) is 4.44. The van der Waals surface area contributed by atoms with Crippen molar-refractivity contribution in [2.45, 2.75) is 18.4 Å². The third-order valence-corrected chi connectivity index (χ3v) is 4.43. The lowest BCUT2D eigenvalue weighted by molar-refractivity contribution is -0.378. The Bertz CT molecular complexity index is 666. The highest BCUT2D eigenvalue weighted by molar-refractivity contribution is 5.59. The van der Waals surface area contributed by atoms with Crippen LogP contribution in [0.25, 0.3) is 0 Å². The number of hydrogen-bond donors (Lipinski definition) is 1. The molecule has 0 saturated heterocycles. The van der Waals surface area contributed by atoms with E-state index >= 15 is 0 Å². The van der Waals surface area contributed by atoms with Gasteiger partial charge in [0.1, 0.15) is 5.82 Å². The lowest BCUT2D eigenvalue weighted by Gasteiger charge is -2.37. The lowest BCUT2D eigenvalue weighted by atomic mass is 9.77. The number of fused-ring (bicyclic) bond motifs is 3. The van der Waals surface area contributed by atoms with E-state index in [-0.39, 0.29) is 11.9 Å². The minimum atomic E-state index is -0.155. The smallest absolute Gasteiger partial charge is 0.167 e. The molecule has 2 N–H and O–H groups in total. The molecule has 100 valence electrons. The van der Waals surface area contributed by atoms with Gasteiger partial charge in [0, 0.05) is 23.7 Å². The zero-order valence-electron chi connectivity index (χ0n) is 11.0. The van der Waals surface area contributed by atoms with Crippen LogP contribution in [0.2, 0.25) is 0 Å². The summed E-state index contributed by atoms with van der Waals surface area (Å²) in [5.74, 6) is 0.625. The average molecular weight is 267 g/mol. The molecule has 1 aliphatic heterocycles. The molecule has 2 aromatic rings. The molecule has 0 saturated carbocycles. The zero-order valence-corrected chi connectivity index (χ0v) is 11.0. The molecule has 1 aromatic carbocycles. The molecular formula is C17H16FN2+. The number of rotatable bonds is 1. The summed E-state index contributed by atoms with van der Waals surface area (Å²) in [5.41, 5.74) is 3.41. The first-order valence-electron chi connectivity index (χ1n) is 7.01. The number of aromatic nitrogens is 1. The Hall–Kier alpha value is -2.16. The summed E-state index contributed by atoms with van der Waals surface area (Å²) in [6.07, 6.45) is 9.39. The molecule has 3 heteroatoms. The largest absolute Gasteiger partial charge is 0.378 e. The third-order valence-electron chi connectivity index (χ3n) is 4.43. The molecule has 3 atom stereocenters. The Balaban J connectivity index is 1.80. The van der Waals surface area contributed by atoms with Crippen LogP contribution in [0.3, 0.4) is 0 Å². The van der Waals surface area contributed by atoms with Crippen molar-refractivity contribution in [1.29, 1.82) is 0 Å². The minimum absolute atomic E-state index is 0.155. The van der Waals surface area contributed by atoms with Crippen molar-refractivity contribution in [1.82, 2.24) is 0 Å². The van der Waals surface area contributed by atoms with Gasteiger partial charge in [-0.25, -0.2) is 9.37 Å². The number of halogens is 1. The lowest BCUT2D eigenvalue weighted by Crippen LogP contribution is -2.29. The van der Waals surface area contributed by atoms with Crippen LogP contribution >= 0.6 is 0 Å². The second-order valence-electron chi connectivity index (χ2n) is 5.54. The van der Waals surface area contributed by atoms with E-state index < -0.39 is 0 Å². The highest BCUT2D eigenvalue weighted by atomic mass is 19.1. The van der Waals surface area contributed by atoms with E-state index in [9.17, 15) is 4.39 Å². The van der Waals surface area contributed by atoms with Crippen molar-refractivity contribution < 1.29 is 9.37 Å². The van der Waals surface area contributed by atoms with Gasteiger partial charge < -0.3 is 5.32 Å². The van der Waals surface area contributed by atoms with Crippen LogP contribution in [0.5, 0.6) is 0 Å². The number of benzene rings is 1. The molecule has 4 rings (SSSR count). The molecule has 2 aliphatic rings. The Labute approximate surface area is 117 Å². The Morgan fingerprint density at radius 3 is 2.85 bits per heavy atom. The van der Waals surface area contributed by atoms with Crippen molar-refractivity contribution in [2.75, 3.05) is 5.32 Å². The maximum atomic E-state index is 13.5. The summed E-state index contributed by atoms with van der Waals surface area (Å²) in [7, 11) is 0. The fraction of sp³-hybridized carbons (Fsp3) is 0.235. The van der Waals surface area contributed by atoms with Crippen LogP contribution in [-0.2, 0) is 0 Å². The summed E-state index contributed by atoms with van der Waals surface area (Å²) in [6, 6.07) is 9.56. The van der Waals surface area contributed by atoms with E-state index in [1.54, 1.807) is 6.07 Å². The number of pyridine rings is 1. The van der Waals surface area contributed by atoms with Gasteiger partial charge in [0.2, 0.25) is 0 Å². The third kappa shape index (κ3) is 1.73. The highest BCUT2D eigenvalue weighted by Crippen LogP contribution is 2.49. The van der Waals surface area contributed by atoms with Gasteiger partial charge in [-0.1, -0.05) is 12.2 Å². The van der Waals surface area contributed by atoms with Crippen molar-refractivity contribution in [2.24, 2.45) is 5.92 Å². The van der Waals surface area contributed by atoms with Gasteiger partial charge in [-0.15, -0.1) is 0 Å². The molecule has 0 amide bonds. The van der Waals surface area contributed by atoms with Crippen LogP contribution in [0, 0.1) is 11.7 Å². The summed E-state index contributed by atoms with van der Waals surface area (Å²) in [6.45, 7) is 0. The second-order valence-corrected chi connectivity index (χ2v) is 5.54. The van der Waals surface area contributed by atoms with Gasteiger partial charge in [0.05, 0.1) is 6.04 Å². The molecule has 20 heavy (non-hydrogen) atoms. The summed E-state index contributed by atoms with van der Waals surface area (Å²) >= 11 is 0. The quantitative estimate of drug-likeness (QED) is 0.787. The summed E-state index contributed by atoms with van der Waals surface area (Å²) in [5, 5.41) is 3.59. The number of hydrogen-bond acceptors (Lipinski definition) is 1. The van der Waals surface area contributed by atoms with E-state index in [0.717, 1.165) is 17.7 Å². The van der Waals surface area contributed by atoms with E-state index in [1.165, 1.54) is 11.6 Å². The van der Waals surface area contributed by atoms with Crippen molar-refractivity contribution in [3.8, 4) is 0 Å². The zero-order chi connectivity index (χ0) is 13.5. The maximum Gasteiger partial charge on any atom is 0.167 e. The molecule has 3 unspecified atom stereocenters. The van der Waals surface area contributed by atoms with Gasteiger partial charge >= 0.3 is 0 Å². The molecule has 2 nitrogen and oxygen atoms in total. The van der Waals surface area contributed by atoms with Crippen LogP contribution < -0.4 is 10.3 Å². The van der Waals surface area contributed by atoms with Crippen LogP contribution in [0.1, 0.15) is 29.5 Å². The van der Waals surface area contributed by atoms with E-state index in [1.807, 2.05) is 18.5 Å². The number of aromatic amines is 1. The Morgan fingerprint density at radius 2 is 2.00 bits per heavy atom. The van der Waals surface area contributed by atoms with Gasteiger partial charge in [-0.05, 0) is 41.7 Å². The predicted molar refractivity (Wildman–Crippen MR) is 75.7 cm³/mol. The van der Waals surface area contributed by atoms with Crippen molar-refractivity contribution in [3.05, 3.63) is 71.8 Å². The van der Waals surface area contributed by atoms with E-state index in [0.29, 0.717) is 11.8 Å². The minimum Gasteiger partial charge on any atom is -0.378 e. The van der Waals surface area contributed by atoms with Gasteiger partial charge in [-0.3, -0.25) is 0 Å². The van der Waals surface area contributed by atoms with Crippen molar-refractivity contribution >= 4 is 5.69 Å². The summed E-state index contributed by atoms with van der Waals surface area (Å²) < 4.78 is 13.5. The Kier molecular flexibility index (Phi) is 2.59. The molecule has 0 fully saturated rings. The number of anilines is 1. The fourth-order valence-electron chi connectivity index (χ4n) is 3.50. The molecule has 1 aromatic heterocycles. The topological polar surface area (TPSA) is 26.2 Å². The molecule has 1 aliphatic carbocycles. The molecule has 0 radical (unpaired) electrons.